The van der Waals surface area contributed by atoms with Crippen LogP contribution < -0.4 is 4.90 Å². The molecule has 0 unspecified atom stereocenters. The largest absolute Gasteiger partial charge is 0.461 e. The fraction of sp³-hybridized carbons (Fsp3) is 0.222. The van der Waals surface area contributed by atoms with Crippen LogP contribution in [0.15, 0.2) is 58.9 Å². The Bertz CT molecular complexity index is 913. The average Bonchev–Trinajstić information content (AvgIpc) is 2.99. The molecule has 0 saturated carbocycles. The Labute approximate surface area is 145 Å². The van der Waals surface area contributed by atoms with Crippen molar-refractivity contribution in [2.24, 2.45) is 10.2 Å². The molecule has 0 fully saturated rings. The molecule has 7 nitrogen and oxygen atoms in total. The Morgan fingerprint density at radius 2 is 1.92 bits per heavy atom. The summed E-state index contributed by atoms with van der Waals surface area (Å²) in [7, 11) is 3.95. The molecule has 2 aromatic heterocycles. The van der Waals surface area contributed by atoms with Gasteiger partial charge in [-0.25, -0.2) is 9.78 Å². The van der Waals surface area contributed by atoms with Crippen LogP contribution in [0.2, 0.25) is 0 Å². The van der Waals surface area contributed by atoms with Gasteiger partial charge in [0, 0.05) is 26.0 Å². The first kappa shape index (κ1) is 16.6. The maximum absolute atomic E-state index is 12.2. The van der Waals surface area contributed by atoms with Gasteiger partial charge in [-0.1, -0.05) is 6.07 Å². The average molecular weight is 337 g/mol. The van der Waals surface area contributed by atoms with Gasteiger partial charge in [0.2, 0.25) is 0 Å². The number of nitrogens with zero attached hydrogens (tertiary/aromatic N) is 5. The second-order valence-corrected chi connectivity index (χ2v) is 5.54. The first-order valence-electron chi connectivity index (χ1n) is 7.93. The van der Waals surface area contributed by atoms with Crippen molar-refractivity contribution in [1.82, 2.24) is 9.38 Å². The fourth-order valence-electron chi connectivity index (χ4n) is 2.34. The van der Waals surface area contributed by atoms with Crippen LogP contribution in [0.25, 0.3) is 5.65 Å². The summed E-state index contributed by atoms with van der Waals surface area (Å²) >= 11 is 0. The molecule has 0 bridgehead atoms. The van der Waals surface area contributed by atoms with Crippen molar-refractivity contribution in [3.63, 3.8) is 0 Å². The summed E-state index contributed by atoms with van der Waals surface area (Å²) in [5.74, 6) is -0.158. The summed E-state index contributed by atoms with van der Waals surface area (Å²) in [4.78, 5) is 18.5. The highest BCUT2D eigenvalue weighted by Gasteiger charge is 2.20. The van der Waals surface area contributed by atoms with Crippen LogP contribution in [-0.2, 0) is 4.74 Å². The van der Waals surface area contributed by atoms with Crippen molar-refractivity contribution in [1.29, 1.82) is 0 Å². The van der Waals surface area contributed by atoms with Gasteiger partial charge in [-0.2, -0.15) is 0 Å². The van der Waals surface area contributed by atoms with Gasteiger partial charge in [0.1, 0.15) is 5.65 Å². The molecule has 0 aliphatic rings. The molecular formula is C18H19N5O2. The monoisotopic (exact) mass is 337 g/mol. The molecule has 0 aliphatic carbocycles. The highest BCUT2D eigenvalue weighted by Crippen LogP contribution is 2.25. The number of esters is 1. The maximum Gasteiger partial charge on any atom is 0.360 e. The van der Waals surface area contributed by atoms with Crippen molar-refractivity contribution in [2.45, 2.75) is 6.92 Å². The summed E-state index contributed by atoms with van der Waals surface area (Å²) in [5.41, 5.74) is 2.52. The molecule has 7 heteroatoms. The highest BCUT2D eigenvalue weighted by molar-refractivity contribution is 5.93. The van der Waals surface area contributed by atoms with Crippen LogP contribution in [-0.4, -0.2) is 36.1 Å². The summed E-state index contributed by atoms with van der Waals surface area (Å²) in [6, 6.07) is 13.1. The van der Waals surface area contributed by atoms with Gasteiger partial charge in [0.05, 0.1) is 12.3 Å². The smallest absolute Gasteiger partial charge is 0.360 e. The molecule has 128 valence electrons. The van der Waals surface area contributed by atoms with Gasteiger partial charge >= 0.3 is 5.97 Å². The van der Waals surface area contributed by atoms with E-state index in [1.165, 1.54) is 0 Å². The number of carbonyl (C=O) groups excluding carboxylic acids is 1. The van der Waals surface area contributed by atoms with Gasteiger partial charge in [0.25, 0.3) is 0 Å². The first-order valence-corrected chi connectivity index (χ1v) is 7.93. The van der Waals surface area contributed by atoms with Gasteiger partial charge in [-0.05, 0) is 43.3 Å². The zero-order valence-corrected chi connectivity index (χ0v) is 14.4. The zero-order chi connectivity index (χ0) is 17.8. The van der Waals surface area contributed by atoms with Crippen LogP contribution >= 0.6 is 0 Å². The molecule has 1 aromatic carbocycles. The van der Waals surface area contributed by atoms with Crippen molar-refractivity contribution < 1.29 is 9.53 Å². The molecule has 2 heterocycles. The lowest BCUT2D eigenvalue weighted by molar-refractivity contribution is 0.0521. The lowest BCUT2D eigenvalue weighted by Gasteiger charge is -2.11. The zero-order valence-electron chi connectivity index (χ0n) is 14.4. The number of hydrogen-bond donors (Lipinski definition) is 0. The number of benzene rings is 1. The van der Waals surface area contributed by atoms with Crippen molar-refractivity contribution in [2.75, 3.05) is 25.6 Å². The predicted molar refractivity (Wildman–Crippen MR) is 96.1 cm³/mol. The third kappa shape index (κ3) is 3.50. The number of fused-ring (bicyclic) bond motifs is 1. The maximum atomic E-state index is 12.2. The Morgan fingerprint density at radius 3 is 2.60 bits per heavy atom. The Balaban J connectivity index is 1.99. The van der Waals surface area contributed by atoms with E-state index < -0.39 is 5.97 Å². The van der Waals surface area contributed by atoms with Crippen LogP contribution in [0.5, 0.6) is 0 Å². The summed E-state index contributed by atoms with van der Waals surface area (Å²) in [6.07, 6.45) is 1.79. The molecule has 0 amide bonds. The Morgan fingerprint density at radius 1 is 1.16 bits per heavy atom. The van der Waals surface area contributed by atoms with E-state index >= 15 is 0 Å². The van der Waals surface area contributed by atoms with Crippen molar-refractivity contribution >= 4 is 28.8 Å². The highest BCUT2D eigenvalue weighted by atomic mass is 16.5. The minimum Gasteiger partial charge on any atom is -0.461 e. The fourth-order valence-corrected chi connectivity index (χ4v) is 2.34. The van der Waals surface area contributed by atoms with E-state index in [1.54, 1.807) is 23.6 Å². The van der Waals surface area contributed by atoms with Crippen LogP contribution in [0.1, 0.15) is 17.4 Å². The van der Waals surface area contributed by atoms with Gasteiger partial charge < -0.3 is 9.64 Å². The molecule has 0 atom stereocenters. The van der Waals surface area contributed by atoms with E-state index in [-0.39, 0.29) is 12.3 Å². The molecule has 0 aliphatic heterocycles. The van der Waals surface area contributed by atoms with Gasteiger partial charge in [-0.15, -0.1) is 10.2 Å². The number of hydrogen-bond acceptors (Lipinski definition) is 6. The molecule has 25 heavy (non-hydrogen) atoms. The number of azo groups is 1. The molecule has 0 spiro atoms. The number of aromatic nitrogens is 2. The SMILES string of the molecule is CCOC(=O)c1nc2ccccn2c1N=Nc1ccc(N(C)C)cc1. The Hall–Kier alpha value is -3.22. The standard InChI is InChI=1S/C18H19N5O2/c1-4-25-18(24)16-17(23-12-6-5-7-15(23)19-16)21-20-13-8-10-14(11-9-13)22(2)3/h5-12H,4H2,1-3H3. The number of ether oxygens (including phenoxy) is 1. The van der Waals surface area contributed by atoms with Crippen LogP contribution in [0, 0.1) is 0 Å². The summed E-state index contributed by atoms with van der Waals surface area (Å²) in [6.45, 7) is 2.02. The predicted octanol–water partition coefficient (Wildman–Crippen LogP) is 3.99. The Kier molecular flexibility index (Phi) is 4.74. The lowest BCUT2D eigenvalue weighted by Crippen LogP contribution is -2.07. The number of pyridine rings is 1. The number of rotatable bonds is 5. The third-order valence-corrected chi connectivity index (χ3v) is 3.60. The summed E-state index contributed by atoms with van der Waals surface area (Å²) < 4.78 is 6.78. The van der Waals surface area contributed by atoms with Crippen LogP contribution in [0.4, 0.5) is 17.2 Å². The van der Waals surface area contributed by atoms with Crippen molar-refractivity contribution in [3.05, 3.63) is 54.4 Å². The van der Waals surface area contributed by atoms with E-state index in [9.17, 15) is 4.79 Å². The van der Waals surface area contributed by atoms with Crippen LogP contribution in [0.3, 0.4) is 0 Å². The second kappa shape index (κ2) is 7.12. The number of imidazole rings is 1. The molecule has 0 radical (unpaired) electrons. The van der Waals surface area contributed by atoms with Crippen molar-refractivity contribution in [3.8, 4) is 0 Å². The van der Waals surface area contributed by atoms with Gasteiger partial charge in [-0.3, -0.25) is 4.40 Å². The minimum absolute atomic E-state index is 0.154. The van der Waals surface area contributed by atoms with E-state index in [4.69, 9.17) is 4.74 Å². The van der Waals surface area contributed by atoms with E-state index in [1.807, 2.05) is 55.4 Å². The normalized spacial score (nSPS) is 11.2. The molecule has 0 saturated heterocycles. The quantitative estimate of drug-likeness (QED) is 0.521. The van der Waals surface area contributed by atoms with E-state index in [0.29, 0.717) is 17.2 Å². The minimum atomic E-state index is -0.511. The lowest BCUT2D eigenvalue weighted by atomic mass is 10.3. The molecule has 0 N–H and O–H groups in total. The topological polar surface area (TPSA) is 71.6 Å². The number of anilines is 1. The van der Waals surface area contributed by atoms with E-state index in [0.717, 1.165) is 5.69 Å². The molecule has 3 aromatic rings. The number of carbonyl (C=O) groups is 1. The molecule has 3 rings (SSSR count). The molecular weight excluding hydrogens is 318 g/mol. The van der Waals surface area contributed by atoms with E-state index in [2.05, 4.69) is 15.2 Å². The second-order valence-electron chi connectivity index (χ2n) is 5.54. The van der Waals surface area contributed by atoms with Gasteiger partial charge in [0.15, 0.2) is 11.5 Å². The first-order chi connectivity index (χ1) is 12.1. The third-order valence-electron chi connectivity index (χ3n) is 3.60. The summed E-state index contributed by atoms with van der Waals surface area (Å²) in [5, 5.41) is 8.49.